The third-order valence-corrected chi connectivity index (χ3v) is 6.52. The number of hydrogen-bond donors (Lipinski definition) is 2. The van der Waals surface area contributed by atoms with E-state index in [2.05, 4.69) is 54.4 Å². The fraction of sp³-hybridized carbons (Fsp3) is 0.423. The Hall–Kier alpha value is -2.23. The highest BCUT2D eigenvalue weighted by atomic mass is 16.3. The normalized spacial score (nSPS) is 27.2. The topological polar surface area (TPSA) is 53.4 Å². The van der Waals surface area contributed by atoms with Crippen LogP contribution in [0.15, 0.2) is 72.6 Å². The maximum absolute atomic E-state index is 10.6. The number of hydrogen-bond acceptors (Lipinski definition) is 3. The van der Waals surface area contributed by atoms with Gasteiger partial charge in [-0.15, -0.1) is 0 Å². The summed E-state index contributed by atoms with van der Waals surface area (Å²) in [6.07, 6.45) is 13.9. The van der Waals surface area contributed by atoms with Crippen molar-refractivity contribution in [1.29, 1.82) is 0 Å². The fourth-order valence-corrected chi connectivity index (χ4v) is 5.05. The largest absolute Gasteiger partial charge is 0.392 e. The predicted molar refractivity (Wildman–Crippen MR) is 116 cm³/mol. The molecule has 1 aromatic heterocycles. The lowest BCUT2D eigenvalue weighted by molar-refractivity contribution is 0.140. The number of nitrogens with zero attached hydrogens (tertiary/aromatic N) is 1. The van der Waals surface area contributed by atoms with Gasteiger partial charge in [-0.05, 0) is 67.7 Å². The first-order chi connectivity index (χ1) is 14.1. The van der Waals surface area contributed by atoms with Gasteiger partial charge in [0.2, 0.25) is 0 Å². The average Bonchev–Trinajstić information content (AvgIpc) is 3.22. The second-order valence-corrected chi connectivity index (χ2v) is 8.74. The first kappa shape index (κ1) is 20.1. The number of allylic oxidation sites excluding steroid dienone is 2. The van der Waals surface area contributed by atoms with Gasteiger partial charge in [0.05, 0.1) is 12.2 Å². The van der Waals surface area contributed by atoms with Crippen LogP contribution in [0.4, 0.5) is 0 Å². The van der Waals surface area contributed by atoms with Crippen LogP contribution in [0.5, 0.6) is 0 Å². The van der Waals surface area contributed by atoms with Crippen LogP contribution in [0.25, 0.3) is 0 Å². The van der Waals surface area contributed by atoms with Gasteiger partial charge in [0.25, 0.3) is 0 Å². The third kappa shape index (κ3) is 5.04. The number of rotatable bonds is 7. The van der Waals surface area contributed by atoms with Gasteiger partial charge in [0.15, 0.2) is 0 Å². The van der Waals surface area contributed by atoms with Gasteiger partial charge in [-0.2, -0.15) is 0 Å². The van der Waals surface area contributed by atoms with Gasteiger partial charge in [0.1, 0.15) is 0 Å². The minimum absolute atomic E-state index is 0.141. The second kappa shape index (κ2) is 9.06. The SMILES string of the molecule is Cc1cccc(C[C@H](O)C=C[C@@H]2[C@H]3CC(CCc4ccncc4)=C[C@H]3C[C@H]2O)c1. The molecule has 4 rings (SSSR count). The first-order valence-electron chi connectivity index (χ1n) is 10.8. The zero-order valence-corrected chi connectivity index (χ0v) is 17.1. The van der Waals surface area contributed by atoms with Gasteiger partial charge in [-0.3, -0.25) is 4.98 Å². The quantitative estimate of drug-likeness (QED) is 0.689. The Labute approximate surface area is 173 Å². The van der Waals surface area contributed by atoms with Crippen molar-refractivity contribution < 1.29 is 10.2 Å². The first-order valence-corrected chi connectivity index (χ1v) is 10.8. The van der Waals surface area contributed by atoms with E-state index in [0.29, 0.717) is 18.3 Å². The third-order valence-electron chi connectivity index (χ3n) is 6.52. The molecule has 2 aliphatic rings. The lowest BCUT2D eigenvalue weighted by Gasteiger charge is -2.19. The molecule has 1 heterocycles. The van der Waals surface area contributed by atoms with E-state index in [0.717, 1.165) is 31.2 Å². The van der Waals surface area contributed by atoms with Crippen molar-refractivity contribution in [1.82, 2.24) is 4.98 Å². The van der Waals surface area contributed by atoms with Gasteiger partial charge < -0.3 is 10.2 Å². The highest BCUT2D eigenvalue weighted by Crippen LogP contribution is 2.48. The van der Waals surface area contributed by atoms with Crippen molar-refractivity contribution in [2.24, 2.45) is 17.8 Å². The molecule has 0 aliphatic heterocycles. The van der Waals surface area contributed by atoms with Crippen LogP contribution in [0, 0.1) is 24.7 Å². The highest BCUT2D eigenvalue weighted by Gasteiger charge is 2.43. The summed E-state index contributed by atoms with van der Waals surface area (Å²) in [7, 11) is 0. The Morgan fingerprint density at radius 3 is 2.76 bits per heavy atom. The van der Waals surface area contributed by atoms with E-state index in [4.69, 9.17) is 0 Å². The minimum atomic E-state index is -0.511. The van der Waals surface area contributed by atoms with Gasteiger partial charge >= 0.3 is 0 Å². The van der Waals surface area contributed by atoms with Crippen molar-refractivity contribution in [3.8, 4) is 0 Å². The summed E-state index contributed by atoms with van der Waals surface area (Å²) in [4.78, 5) is 4.08. The molecule has 1 aromatic carbocycles. The fourth-order valence-electron chi connectivity index (χ4n) is 5.05. The summed E-state index contributed by atoms with van der Waals surface area (Å²) in [5.41, 5.74) is 5.20. The molecule has 0 spiro atoms. The van der Waals surface area contributed by atoms with E-state index in [1.807, 2.05) is 24.5 Å². The Morgan fingerprint density at radius 1 is 1.14 bits per heavy atom. The molecule has 152 valence electrons. The van der Waals surface area contributed by atoms with Gasteiger partial charge in [0, 0.05) is 24.7 Å². The molecule has 2 aromatic rings. The van der Waals surface area contributed by atoms with Crippen LogP contribution in [0.2, 0.25) is 0 Å². The standard InChI is InChI=1S/C26H31NO2/c1-18-3-2-4-20(13-18)15-23(28)7-8-24-25-16-21(14-22(25)17-26(24)29)6-5-19-9-11-27-12-10-19/h2-4,7-14,22-26,28-29H,5-6,15-17H2,1H3/t22-,23+,24+,25-,26+/m0/s1. The van der Waals surface area contributed by atoms with E-state index in [1.165, 1.54) is 16.7 Å². The van der Waals surface area contributed by atoms with Crippen molar-refractivity contribution in [3.63, 3.8) is 0 Å². The molecule has 2 N–H and O–H groups in total. The maximum atomic E-state index is 10.6. The van der Waals surface area contributed by atoms with Crippen LogP contribution >= 0.6 is 0 Å². The number of pyridine rings is 1. The number of benzene rings is 1. The molecule has 3 heteroatoms. The Morgan fingerprint density at radius 2 is 1.97 bits per heavy atom. The van der Waals surface area contributed by atoms with Crippen molar-refractivity contribution in [2.45, 2.75) is 51.2 Å². The van der Waals surface area contributed by atoms with Crippen LogP contribution < -0.4 is 0 Å². The average molecular weight is 390 g/mol. The maximum Gasteiger partial charge on any atom is 0.0761 e. The van der Waals surface area contributed by atoms with Crippen molar-refractivity contribution >= 4 is 0 Å². The summed E-state index contributed by atoms with van der Waals surface area (Å²) in [5.74, 6) is 1.09. The van der Waals surface area contributed by atoms with Crippen molar-refractivity contribution in [2.75, 3.05) is 0 Å². The Kier molecular flexibility index (Phi) is 6.27. The molecule has 0 radical (unpaired) electrons. The monoisotopic (exact) mass is 389 g/mol. The number of aryl methyl sites for hydroxylation is 2. The predicted octanol–water partition coefficient (Wildman–Crippen LogP) is 4.43. The Balaban J connectivity index is 1.33. The lowest BCUT2D eigenvalue weighted by atomic mass is 9.88. The van der Waals surface area contributed by atoms with E-state index in [-0.39, 0.29) is 12.0 Å². The van der Waals surface area contributed by atoms with Gasteiger partial charge in [-0.1, -0.05) is 53.6 Å². The highest BCUT2D eigenvalue weighted by molar-refractivity contribution is 5.25. The van der Waals surface area contributed by atoms with Crippen molar-refractivity contribution in [3.05, 3.63) is 89.3 Å². The summed E-state index contributed by atoms with van der Waals surface area (Å²) in [6, 6.07) is 12.4. The van der Waals surface area contributed by atoms with Crippen LogP contribution in [0.1, 0.15) is 36.0 Å². The summed E-state index contributed by atoms with van der Waals surface area (Å²) in [5, 5.41) is 21.0. The number of aromatic nitrogens is 1. The molecule has 0 amide bonds. The molecule has 2 aliphatic carbocycles. The molecule has 1 fully saturated rings. The minimum Gasteiger partial charge on any atom is -0.392 e. The second-order valence-electron chi connectivity index (χ2n) is 8.74. The van der Waals surface area contributed by atoms with E-state index < -0.39 is 6.10 Å². The molecule has 3 nitrogen and oxygen atoms in total. The number of fused-ring (bicyclic) bond motifs is 1. The molecule has 0 unspecified atom stereocenters. The molecule has 5 atom stereocenters. The van der Waals surface area contributed by atoms with Gasteiger partial charge in [-0.25, -0.2) is 0 Å². The Bertz CT molecular complexity index is 873. The van der Waals surface area contributed by atoms with Crippen LogP contribution in [-0.4, -0.2) is 27.4 Å². The van der Waals surface area contributed by atoms with E-state index in [1.54, 1.807) is 0 Å². The number of aliphatic hydroxyl groups excluding tert-OH is 2. The summed E-state index contributed by atoms with van der Waals surface area (Å²) < 4.78 is 0. The number of aliphatic hydroxyl groups is 2. The summed E-state index contributed by atoms with van der Waals surface area (Å²) in [6.45, 7) is 2.07. The molecule has 0 saturated heterocycles. The molecule has 1 saturated carbocycles. The zero-order chi connectivity index (χ0) is 20.2. The van der Waals surface area contributed by atoms with Crippen LogP contribution in [0.3, 0.4) is 0 Å². The van der Waals surface area contributed by atoms with E-state index >= 15 is 0 Å². The molecule has 0 bridgehead atoms. The molecule has 29 heavy (non-hydrogen) atoms. The zero-order valence-electron chi connectivity index (χ0n) is 17.1. The van der Waals surface area contributed by atoms with Crippen LogP contribution in [-0.2, 0) is 12.8 Å². The lowest BCUT2D eigenvalue weighted by Crippen LogP contribution is -2.18. The molecular formula is C26H31NO2. The molecular weight excluding hydrogens is 358 g/mol. The summed E-state index contributed by atoms with van der Waals surface area (Å²) >= 11 is 0. The smallest absolute Gasteiger partial charge is 0.0761 e. The van der Waals surface area contributed by atoms with E-state index in [9.17, 15) is 10.2 Å².